The third-order valence-corrected chi connectivity index (χ3v) is 4.63. The Morgan fingerprint density at radius 1 is 1.26 bits per heavy atom. The fourth-order valence-corrected chi connectivity index (χ4v) is 3.13. The van der Waals surface area contributed by atoms with E-state index in [2.05, 4.69) is 30.1 Å². The number of methoxy groups -OCH3 is 1. The van der Waals surface area contributed by atoms with E-state index in [9.17, 15) is 0 Å². The number of nitrogens with one attached hydrogen (secondary N) is 1. The third kappa shape index (κ3) is 5.45. The van der Waals surface area contributed by atoms with Gasteiger partial charge in [0.15, 0.2) is 5.96 Å². The number of hydrogen-bond donors (Lipinski definition) is 2. The molecular formula is C18H24ClN7O. The predicted molar refractivity (Wildman–Crippen MR) is 109 cm³/mol. The quantitative estimate of drug-likeness (QED) is 0.573. The van der Waals surface area contributed by atoms with Gasteiger partial charge in [-0.05, 0) is 24.3 Å². The first-order valence-electron chi connectivity index (χ1n) is 8.80. The Morgan fingerprint density at radius 3 is 2.67 bits per heavy atom. The van der Waals surface area contributed by atoms with Crippen LogP contribution in [0, 0.1) is 0 Å². The molecule has 3 N–H and O–H groups in total. The fraction of sp³-hybridized carbons (Fsp3) is 0.389. The van der Waals surface area contributed by atoms with Gasteiger partial charge in [0.1, 0.15) is 5.75 Å². The first-order chi connectivity index (χ1) is 13.2. The average Bonchev–Trinajstić information content (AvgIpc) is 2.69. The zero-order chi connectivity index (χ0) is 19.1. The van der Waals surface area contributed by atoms with Gasteiger partial charge < -0.3 is 20.7 Å². The first kappa shape index (κ1) is 19.2. The normalized spacial score (nSPS) is 15.6. The molecule has 1 aliphatic rings. The van der Waals surface area contributed by atoms with Gasteiger partial charge in [-0.2, -0.15) is 0 Å². The van der Waals surface area contributed by atoms with Crippen LogP contribution in [0.4, 0.5) is 11.6 Å². The van der Waals surface area contributed by atoms with Gasteiger partial charge in [0.25, 0.3) is 0 Å². The van der Waals surface area contributed by atoms with E-state index >= 15 is 0 Å². The number of rotatable bonds is 6. The monoisotopic (exact) mass is 389 g/mol. The lowest BCUT2D eigenvalue weighted by atomic mass is 10.3. The fourth-order valence-electron chi connectivity index (χ4n) is 2.87. The standard InChI is InChI=1S/C18H24ClN7O/c1-27-16-4-3-14(13-15(16)19)24-17(20)21-7-8-25-9-11-26(12-10-25)18-22-5-2-6-23-18/h2-6,13H,7-12H2,1H3,(H3,20,21,24). The second-order valence-corrected chi connectivity index (χ2v) is 6.53. The lowest BCUT2D eigenvalue weighted by Gasteiger charge is -2.34. The maximum Gasteiger partial charge on any atom is 0.225 e. The SMILES string of the molecule is COc1ccc(NC(N)=NCCN2CCN(c3ncccn3)CC2)cc1Cl. The third-order valence-electron chi connectivity index (χ3n) is 4.33. The Labute approximate surface area is 164 Å². The molecule has 0 spiro atoms. The molecule has 8 nitrogen and oxygen atoms in total. The Morgan fingerprint density at radius 2 is 2.00 bits per heavy atom. The van der Waals surface area contributed by atoms with Crippen LogP contribution >= 0.6 is 11.6 Å². The zero-order valence-electron chi connectivity index (χ0n) is 15.3. The second kappa shape index (κ2) is 9.38. The van der Waals surface area contributed by atoms with E-state index in [1.807, 2.05) is 12.1 Å². The molecule has 1 saturated heterocycles. The van der Waals surface area contributed by atoms with Gasteiger partial charge in [0.05, 0.1) is 18.7 Å². The highest BCUT2D eigenvalue weighted by molar-refractivity contribution is 6.32. The largest absolute Gasteiger partial charge is 0.495 e. The van der Waals surface area contributed by atoms with Crippen LogP contribution in [-0.2, 0) is 0 Å². The number of nitrogens with zero attached hydrogens (tertiary/aromatic N) is 5. The lowest BCUT2D eigenvalue weighted by molar-refractivity contribution is 0.264. The molecule has 1 aromatic carbocycles. The van der Waals surface area contributed by atoms with Crippen LogP contribution in [0.25, 0.3) is 0 Å². The van der Waals surface area contributed by atoms with Crippen LogP contribution < -0.4 is 20.7 Å². The summed E-state index contributed by atoms with van der Waals surface area (Å²) in [5.41, 5.74) is 6.74. The van der Waals surface area contributed by atoms with Crippen LogP contribution in [0.15, 0.2) is 41.7 Å². The van der Waals surface area contributed by atoms with Crippen molar-refractivity contribution >= 4 is 29.2 Å². The molecule has 9 heteroatoms. The van der Waals surface area contributed by atoms with E-state index in [0.29, 0.717) is 23.3 Å². The van der Waals surface area contributed by atoms with Gasteiger partial charge in [-0.15, -0.1) is 0 Å². The number of anilines is 2. The number of aromatic nitrogens is 2. The molecule has 2 aromatic rings. The highest BCUT2D eigenvalue weighted by atomic mass is 35.5. The summed E-state index contributed by atoms with van der Waals surface area (Å²) >= 11 is 6.11. The van der Waals surface area contributed by atoms with Crippen molar-refractivity contribution in [3.05, 3.63) is 41.7 Å². The van der Waals surface area contributed by atoms with Crippen LogP contribution in [0.1, 0.15) is 0 Å². The molecule has 0 saturated carbocycles. The smallest absolute Gasteiger partial charge is 0.225 e. The van der Waals surface area contributed by atoms with Crippen molar-refractivity contribution in [2.45, 2.75) is 0 Å². The first-order valence-corrected chi connectivity index (χ1v) is 9.18. The maximum absolute atomic E-state index is 6.11. The zero-order valence-corrected chi connectivity index (χ0v) is 16.1. The average molecular weight is 390 g/mol. The second-order valence-electron chi connectivity index (χ2n) is 6.12. The molecule has 0 aliphatic carbocycles. The van der Waals surface area contributed by atoms with Crippen LogP contribution in [0.5, 0.6) is 5.75 Å². The number of ether oxygens (including phenoxy) is 1. The molecule has 144 valence electrons. The number of benzene rings is 1. The van der Waals surface area contributed by atoms with Crippen molar-refractivity contribution in [1.82, 2.24) is 14.9 Å². The molecule has 27 heavy (non-hydrogen) atoms. The number of guanidine groups is 1. The molecule has 1 aromatic heterocycles. The minimum atomic E-state index is 0.368. The topological polar surface area (TPSA) is 91.9 Å². The van der Waals surface area contributed by atoms with E-state index in [0.717, 1.165) is 44.4 Å². The molecule has 1 fully saturated rings. The molecule has 0 bridgehead atoms. The van der Waals surface area contributed by atoms with Crippen molar-refractivity contribution in [2.24, 2.45) is 10.7 Å². The van der Waals surface area contributed by atoms with Crippen molar-refractivity contribution in [2.75, 3.05) is 56.6 Å². The van der Waals surface area contributed by atoms with E-state index < -0.39 is 0 Å². The number of nitrogens with two attached hydrogens (primary N) is 1. The molecule has 3 rings (SSSR count). The molecule has 0 unspecified atom stereocenters. The molecule has 0 amide bonds. The summed E-state index contributed by atoms with van der Waals surface area (Å²) in [4.78, 5) is 17.6. The summed E-state index contributed by atoms with van der Waals surface area (Å²) in [7, 11) is 1.58. The highest BCUT2D eigenvalue weighted by Crippen LogP contribution is 2.27. The number of halogens is 1. The summed E-state index contributed by atoms with van der Waals surface area (Å²) in [5.74, 6) is 1.78. The van der Waals surface area contributed by atoms with E-state index in [1.165, 1.54) is 0 Å². The van der Waals surface area contributed by atoms with Crippen molar-refractivity contribution < 1.29 is 4.74 Å². The molecule has 0 radical (unpaired) electrons. The van der Waals surface area contributed by atoms with Crippen LogP contribution in [0.2, 0.25) is 5.02 Å². The van der Waals surface area contributed by atoms with Crippen LogP contribution in [0.3, 0.4) is 0 Å². The molecular weight excluding hydrogens is 366 g/mol. The van der Waals surface area contributed by atoms with Gasteiger partial charge >= 0.3 is 0 Å². The molecule has 0 atom stereocenters. The number of aliphatic imine (C=N–C) groups is 1. The molecule has 1 aliphatic heterocycles. The Hall–Kier alpha value is -2.58. The van der Waals surface area contributed by atoms with Gasteiger partial charge in [-0.3, -0.25) is 9.89 Å². The van der Waals surface area contributed by atoms with Crippen molar-refractivity contribution in [1.29, 1.82) is 0 Å². The maximum atomic E-state index is 6.11. The summed E-state index contributed by atoms with van der Waals surface area (Å²) in [6, 6.07) is 7.22. The predicted octanol–water partition coefficient (Wildman–Crippen LogP) is 1.69. The highest BCUT2D eigenvalue weighted by Gasteiger charge is 2.18. The van der Waals surface area contributed by atoms with E-state index in [-0.39, 0.29) is 0 Å². The van der Waals surface area contributed by atoms with Crippen molar-refractivity contribution in [3.63, 3.8) is 0 Å². The van der Waals surface area contributed by atoms with Gasteiger partial charge in [0.2, 0.25) is 5.95 Å². The summed E-state index contributed by atoms with van der Waals surface area (Å²) in [5, 5.41) is 3.57. The van der Waals surface area contributed by atoms with Crippen molar-refractivity contribution in [3.8, 4) is 5.75 Å². The Bertz CT molecular complexity index is 764. The number of hydrogen-bond acceptors (Lipinski definition) is 6. The summed E-state index contributed by atoms with van der Waals surface area (Å²) < 4.78 is 5.13. The Balaban J connectivity index is 1.42. The van der Waals surface area contributed by atoms with E-state index in [4.69, 9.17) is 22.1 Å². The minimum absolute atomic E-state index is 0.368. The summed E-state index contributed by atoms with van der Waals surface area (Å²) in [6.45, 7) is 5.21. The Kier molecular flexibility index (Phi) is 6.67. The van der Waals surface area contributed by atoms with Gasteiger partial charge in [-0.1, -0.05) is 11.6 Å². The van der Waals surface area contributed by atoms with Gasteiger partial charge in [0, 0.05) is 50.8 Å². The minimum Gasteiger partial charge on any atom is -0.495 e. The van der Waals surface area contributed by atoms with E-state index in [1.54, 1.807) is 31.6 Å². The summed E-state index contributed by atoms with van der Waals surface area (Å²) in [6.07, 6.45) is 3.55. The van der Waals surface area contributed by atoms with Crippen LogP contribution in [-0.4, -0.2) is 67.2 Å². The van der Waals surface area contributed by atoms with Gasteiger partial charge in [-0.25, -0.2) is 9.97 Å². The lowest BCUT2D eigenvalue weighted by Crippen LogP contribution is -2.47. The molecule has 2 heterocycles. The number of piperazine rings is 1.